The number of amides is 1. The van der Waals surface area contributed by atoms with Crippen molar-refractivity contribution in [1.82, 2.24) is 10.2 Å². The normalized spacial score (nSPS) is 15.6. The van der Waals surface area contributed by atoms with Gasteiger partial charge in [0.15, 0.2) is 18.1 Å². The predicted molar refractivity (Wildman–Crippen MR) is 108 cm³/mol. The summed E-state index contributed by atoms with van der Waals surface area (Å²) < 4.78 is 16.4. The number of hydrogen-bond acceptors (Lipinski definition) is 5. The zero-order chi connectivity index (χ0) is 19.8. The summed E-state index contributed by atoms with van der Waals surface area (Å²) in [6.07, 6.45) is 0. The van der Waals surface area contributed by atoms with Crippen LogP contribution in [0.1, 0.15) is 17.2 Å². The topological polar surface area (TPSA) is 60.0 Å². The second-order valence-electron chi connectivity index (χ2n) is 6.82. The molecule has 0 saturated carbocycles. The summed E-state index contributed by atoms with van der Waals surface area (Å²) in [4.78, 5) is 14.7. The van der Waals surface area contributed by atoms with Gasteiger partial charge in [-0.25, -0.2) is 0 Å². The fourth-order valence-corrected chi connectivity index (χ4v) is 3.32. The molecule has 1 unspecified atom stereocenters. The van der Waals surface area contributed by atoms with Crippen molar-refractivity contribution in [2.24, 2.45) is 0 Å². The summed E-state index contributed by atoms with van der Waals surface area (Å²) in [5.41, 5.74) is 2.26. The van der Waals surface area contributed by atoms with Gasteiger partial charge in [-0.3, -0.25) is 9.69 Å². The number of ether oxygens (including phenoxy) is 3. The SMILES string of the molecule is COc1cc(C)ccc1OCC(=O)NCC(c1ccccc1)N1CCOCC1. The van der Waals surface area contributed by atoms with Crippen LogP contribution >= 0.6 is 0 Å². The average Bonchev–Trinajstić information content (AvgIpc) is 2.74. The van der Waals surface area contributed by atoms with Gasteiger partial charge in [0, 0.05) is 19.6 Å². The highest BCUT2D eigenvalue weighted by Gasteiger charge is 2.23. The maximum atomic E-state index is 12.4. The first-order valence-corrected chi connectivity index (χ1v) is 9.58. The number of methoxy groups -OCH3 is 1. The molecule has 150 valence electrons. The maximum Gasteiger partial charge on any atom is 0.258 e. The first kappa shape index (κ1) is 20.2. The molecule has 1 saturated heterocycles. The number of benzene rings is 2. The molecule has 0 spiro atoms. The molecule has 1 aliphatic heterocycles. The zero-order valence-corrected chi connectivity index (χ0v) is 16.5. The first-order chi connectivity index (χ1) is 13.7. The van der Waals surface area contributed by atoms with Gasteiger partial charge < -0.3 is 19.5 Å². The Labute approximate surface area is 166 Å². The molecule has 3 rings (SSSR count). The number of carbonyl (C=O) groups excluding carboxylic acids is 1. The third-order valence-corrected chi connectivity index (χ3v) is 4.84. The Morgan fingerprint density at radius 2 is 1.89 bits per heavy atom. The zero-order valence-electron chi connectivity index (χ0n) is 16.5. The third kappa shape index (κ3) is 5.47. The van der Waals surface area contributed by atoms with Gasteiger partial charge in [-0.2, -0.15) is 0 Å². The molecule has 0 bridgehead atoms. The van der Waals surface area contributed by atoms with Crippen molar-refractivity contribution in [2.45, 2.75) is 13.0 Å². The van der Waals surface area contributed by atoms with E-state index in [9.17, 15) is 4.79 Å². The van der Waals surface area contributed by atoms with E-state index in [1.807, 2.05) is 43.3 Å². The van der Waals surface area contributed by atoms with E-state index in [1.54, 1.807) is 7.11 Å². The van der Waals surface area contributed by atoms with Crippen LogP contribution in [-0.2, 0) is 9.53 Å². The number of rotatable bonds is 8. The number of nitrogens with zero attached hydrogens (tertiary/aromatic N) is 1. The molecular formula is C22H28N2O4. The van der Waals surface area contributed by atoms with Crippen molar-refractivity contribution in [3.8, 4) is 11.5 Å². The average molecular weight is 384 g/mol. The van der Waals surface area contributed by atoms with Crippen molar-refractivity contribution in [1.29, 1.82) is 0 Å². The van der Waals surface area contributed by atoms with E-state index < -0.39 is 0 Å². The van der Waals surface area contributed by atoms with Crippen molar-refractivity contribution in [3.05, 3.63) is 59.7 Å². The van der Waals surface area contributed by atoms with E-state index in [0.29, 0.717) is 31.3 Å². The highest BCUT2D eigenvalue weighted by atomic mass is 16.5. The molecular weight excluding hydrogens is 356 g/mol. The molecule has 1 aliphatic rings. The van der Waals surface area contributed by atoms with Crippen LogP contribution in [0.5, 0.6) is 11.5 Å². The smallest absolute Gasteiger partial charge is 0.258 e. The minimum atomic E-state index is -0.156. The van der Waals surface area contributed by atoms with Gasteiger partial charge in [0.1, 0.15) is 0 Å². The Kier molecular flexibility index (Phi) is 7.28. The van der Waals surface area contributed by atoms with Gasteiger partial charge in [-0.1, -0.05) is 36.4 Å². The largest absolute Gasteiger partial charge is 0.493 e. The van der Waals surface area contributed by atoms with Crippen LogP contribution in [0.4, 0.5) is 0 Å². The molecule has 1 N–H and O–H groups in total. The van der Waals surface area contributed by atoms with Crippen LogP contribution in [0, 0.1) is 6.92 Å². The van der Waals surface area contributed by atoms with Gasteiger partial charge in [-0.15, -0.1) is 0 Å². The highest BCUT2D eigenvalue weighted by molar-refractivity contribution is 5.77. The lowest BCUT2D eigenvalue weighted by Crippen LogP contribution is -2.44. The Bertz CT molecular complexity index is 760. The Hall–Kier alpha value is -2.57. The first-order valence-electron chi connectivity index (χ1n) is 9.58. The van der Waals surface area contributed by atoms with Crippen molar-refractivity contribution in [3.63, 3.8) is 0 Å². The Morgan fingerprint density at radius 3 is 2.61 bits per heavy atom. The minimum absolute atomic E-state index is 0.0515. The molecule has 2 aromatic carbocycles. The minimum Gasteiger partial charge on any atom is -0.493 e. The van der Waals surface area contributed by atoms with Crippen LogP contribution in [0.2, 0.25) is 0 Å². The number of morpholine rings is 1. The molecule has 1 fully saturated rings. The van der Waals surface area contributed by atoms with E-state index in [0.717, 1.165) is 18.7 Å². The van der Waals surface area contributed by atoms with Crippen molar-refractivity contribution >= 4 is 5.91 Å². The maximum absolute atomic E-state index is 12.4. The fourth-order valence-electron chi connectivity index (χ4n) is 3.32. The Morgan fingerprint density at radius 1 is 1.14 bits per heavy atom. The highest BCUT2D eigenvalue weighted by Crippen LogP contribution is 2.27. The summed E-state index contributed by atoms with van der Waals surface area (Å²) in [7, 11) is 1.59. The molecule has 1 atom stereocenters. The molecule has 6 nitrogen and oxygen atoms in total. The monoisotopic (exact) mass is 384 g/mol. The molecule has 1 amide bonds. The lowest BCUT2D eigenvalue weighted by atomic mass is 10.0. The predicted octanol–water partition coefficient (Wildman–Crippen LogP) is 2.57. The molecule has 0 radical (unpaired) electrons. The summed E-state index contributed by atoms with van der Waals surface area (Å²) >= 11 is 0. The fraction of sp³-hybridized carbons (Fsp3) is 0.409. The van der Waals surface area contributed by atoms with Crippen LogP contribution < -0.4 is 14.8 Å². The van der Waals surface area contributed by atoms with E-state index in [1.165, 1.54) is 5.56 Å². The summed E-state index contributed by atoms with van der Waals surface area (Å²) in [5, 5.41) is 3.01. The van der Waals surface area contributed by atoms with Gasteiger partial charge >= 0.3 is 0 Å². The lowest BCUT2D eigenvalue weighted by Gasteiger charge is -2.34. The van der Waals surface area contributed by atoms with E-state index >= 15 is 0 Å². The summed E-state index contributed by atoms with van der Waals surface area (Å²) in [5.74, 6) is 1.04. The summed E-state index contributed by atoms with van der Waals surface area (Å²) in [6.45, 7) is 5.59. The lowest BCUT2D eigenvalue weighted by molar-refractivity contribution is -0.123. The van der Waals surface area contributed by atoms with Crippen LogP contribution in [0.15, 0.2) is 48.5 Å². The molecule has 2 aromatic rings. The quantitative estimate of drug-likeness (QED) is 0.758. The third-order valence-electron chi connectivity index (χ3n) is 4.84. The van der Waals surface area contributed by atoms with Crippen LogP contribution in [0.25, 0.3) is 0 Å². The van der Waals surface area contributed by atoms with Crippen LogP contribution in [-0.4, -0.2) is 57.4 Å². The van der Waals surface area contributed by atoms with Crippen LogP contribution in [0.3, 0.4) is 0 Å². The molecule has 1 heterocycles. The van der Waals surface area contributed by atoms with E-state index in [-0.39, 0.29) is 18.6 Å². The van der Waals surface area contributed by atoms with E-state index in [2.05, 4.69) is 22.3 Å². The van der Waals surface area contributed by atoms with E-state index in [4.69, 9.17) is 14.2 Å². The van der Waals surface area contributed by atoms with Gasteiger partial charge in [0.05, 0.1) is 26.4 Å². The van der Waals surface area contributed by atoms with Crippen molar-refractivity contribution in [2.75, 3.05) is 46.6 Å². The van der Waals surface area contributed by atoms with Gasteiger partial charge in [0.2, 0.25) is 0 Å². The second-order valence-corrected chi connectivity index (χ2v) is 6.82. The second kappa shape index (κ2) is 10.1. The number of carbonyl (C=O) groups is 1. The number of nitrogens with one attached hydrogen (secondary N) is 1. The Balaban J connectivity index is 1.57. The van der Waals surface area contributed by atoms with Crippen molar-refractivity contribution < 1.29 is 19.0 Å². The van der Waals surface area contributed by atoms with Gasteiger partial charge in [-0.05, 0) is 30.2 Å². The number of hydrogen-bond donors (Lipinski definition) is 1. The molecule has 28 heavy (non-hydrogen) atoms. The molecule has 0 aromatic heterocycles. The van der Waals surface area contributed by atoms with Gasteiger partial charge in [0.25, 0.3) is 5.91 Å². The summed E-state index contributed by atoms with van der Waals surface area (Å²) in [6, 6.07) is 16.0. The molecule has 0 aliphatic carbocycles. The number of aryl methyl sites for hydroxylation is 1. The molecule has 6 heteroatoms. The standard InChI is InChI=1S/C22H28N2O4/c1-17-8-9-20(21(14-17)26-2)28-16-22(25)23-15-19(18-6-4-3-5-7-18)24-10-12-27-13-11-24/h3-9,14,19H,10-13,15-16H2,1-2H3,(H,23,25).